The number of nitrogens with one attached hydrogen (secondary N) is 1. The first-order chi connectivity index (χ1) is 6.38. The third kappa shape index (κ3) is 3.41. The highest BCUT2D eigenvalue weighted by molar-refractivity contribution is 7.87. The molecule has 0 bridgehead atoms. The first-order valence-electron chi connectivity index (χ1n) is 3.94. The Kier molecular flexibility index (Phi) is 3.20. The third-order valence-electron chi connectivity index (χ3n) is 1.71. The van der Waals surface area contributed by atoms with Gasteiger partial charge in [-0.05, 0) is 24.6 Å². The fourth-order valence-corrected chi connectivity index (χ4v) is 1.69. The van der Waals surface area contributed by atoms with Gasteiger partial charge in [-0.1, -0.05) is 12.1 Å². The van der Waals surface area contributed by atoms with Crippen LogP contribution in [0.4, 0.5) is 4.39 Å². The normalized spacial score (nSPS) is 13.9. The maximum absolute atomic E-state index is 12.5. The lowest BCUT2D eigenvalue weighted by molar-refractivity contribution is 0.568. The van der Waals surface area contributed by atoms with E-state index in [2.05, 4.69) is 4.72 Å². The van der Waals surface area contributed by atoms with Crippen molar-refractivity contribution in [3.05, 3.63) is 35.6 Å². The highest BCUT2D eigenvalue weighted by Crippen LogP contribution is 2.12. The van der Waals surface area contributed by atoms with Gasteiger partial charge in [-0.25, -0.2) is 9.53 Å². The molecule has 78 valence electrons. The Hall–Kier alpha value is -0.980. The van der Waals surface area contributed by atoms with Crippen molar-refractivity contribution in [2.45, 2.75) is 13.0 Å². The number of rotatable bonds is 3. The molecule has 0 saturated heterocycles. The number of hydrogen-bond acceptors (Lipinski definition) is 2. The monoisotopic (exact) mass is 218 g/mol. The Morgan fingerprint density at radius 1 is 1.36 bits per heavy atom. The molecule has 1 rings (SSSR count). The molecule has 1 atom stereocenters. The summed E-state index contributed by atoms with van der Waals surface area (Å²) in [6, 6.07) is 5.05. The summed E-state index contributed by atoms with van der Waals surface area (Å²) in [4.78, 5) is 0. The van der Waals surface area contributed by atoms with E-state index in [1.807, 2.05) is 0 Å². The number of halogens is 1. The molecule has 3 N–H and O–H groups in total. The summed E-state index contributed by atoms with van der Waals surface area (Å²) in [7, 11) is -3.73. The molecular formula is C8H11FN2O2S. The molecule has 0 heterocycles. The second kappa shape index (κ2) is 4.04. The summed E-state index contributed by atoms with van der Waals surface area (Å²) in [5.74, 6) is -0.364. The van der Waals surface area contributed by atoms with Gasteiger partial charge in [0.05, 0.1) is 0 Å². The highest BCUT2D eigenvalue weighted by Gasteiger charge is 2.10. The smallest absolute Gasteiger partial charge is 0.216 e. The maximum atomic E-state index is 12.5. The van der Waals surface area contributed by atoms with Gasteiger partial charge in [0.15, 0.2) is 0 Å². The second-order valence-electron chi connectivity index (χ2n) is 2.94. The zero-order valence-corrected chi connectivity index (χ0v) is 8.38. The summed E-state index contributed by atoms with van der Waals surface area (Å²) in [6.07, 6.45) is 0. The SMILES string of the molecule is C[C@H](NS(N)(=O)=O)c1ccc(F)cc1. The standard InChI is InChI=1S/C8H11FN2O2S/c1-6(11-14(10,12)13)7-2-4-8(9)5-3-7/h2-6,11H,1H3,(H2,10,12,13)/t6-/m0/s1. The van der Waals surface area contributed by atoms with E-state index in [-0.39, 0.29) is 5.82 Å². The summed E-state index contributed by atoms with van der Waals surface area (Å²) < 4.78 is 36.1. The average Bonchev–Trinajstić information content (AvgIpc) is 2.02. The molecule has 1 aromatic carbocycles. The molecule has 0 radical (unpaired) electrons. The maximum Gasteiger partial charge on any atom is 0.274 e. The minimum Gasteiger partial charge on any atom is -0.216 e. The van der Waals surface area contributed by atoms with Gasteiger partial charge in [0.25, 0.3) is 10.2 Å². The van der Waals surface area contributed by atoms with Crippen LogP contribution in [0.2, 0.25) is 0 Å². The van der Waals surface area contributed by atoms with E-state index in [1.165, 1.54) is 24.3 Å². The quantitative estimate of drug-likeness (QED) is 0.783. The van der Waals surface area contributed by atoms with Gasteiger partial charge in [0.2, 0.25) is 0 Å². The summed E-state index contributed by atoms with van der Waals surface area (Å²) in [5.41, 5.74) is 0.653. The molecule has 4 nitrogen and oxygen atoms in total. The van der Waals surface area contributed by atoms with E-state index in [9.17, 15) is 12.8 Å². The fourth-order valence-electron chi connectivity index (χ4n) is 1.07. The molecule has 0 amide bonds. The summed E-state index contributed by atoms with van der Waals surface area (Å²) in [6.45, 7) is 1.62. The van der Waals surface area contributed by atoms with E-state index in [1.54, 1.807) is 6.92 Å². The van der Waals surface area contributed by atoms with Crippen molar-refractivity contribution in [1.82, 2.24) is 4.72 Å². The van der Waals surface area contributed by atoms with Crippen LogP contribution < -0.4 is 9.86 Å². The van der Waals surface area contributed by atoms with Gasteiger partial charge in [0, 0.05) is 6.04 Å². The highest BCUT2D eigenvalue weighted by atomic mass is 32.2. The largest absolute Gasteiger partial charge is 0.274 e. The van der Waals surface area contributed by atoms with Crippen molar-refractivity contribution in [3.8, 4) is 0 Å². The molecule has 0 saturated carbocycles. The van der Waals surface area contributed by atoms with E-state index in [0.29, 0.717) is 5.56 Å². The van der Waals surface area contributed by atoms with Crippen LogP contribution in [0.1, 0.15) is 18.5 Å². The lowest BCUT2D eigenvalue weighted by atomic mass is 10.1. The van der Waals surface area contributed by atoms with E-state index >= 15 is 0 Å². The topological polar surface area (TPSA) is 72.2 Å². The van der Waals surface area contributed by atoms with Crippen LogP contribution >= 0.6 is 0 Å². The Balaban J connectivity index is 2.80. The third-order valence-corrected chi connectivity index (χ3v) is 2.39. The first-order valence-corrected chi connectivity index (χ1v) is 5.48. The van der Waals surface area contributed by atoms with Gasteiger partial charge < -0.3 is 0 Å². The van der Waals surface area contributed by atoms with Gasteiger partial charge in [-0.3, -0.25) is 0 Å². The molecular weight excluding hydrogens is 207 g/mol. The molecule has 14 heavy (non-hydrogen) atoms. The molecule has 1 aromatic rings. The molecule has 6 heteroatoms. The average molecular weight is 218 g/mol. The van der Waals surface area contributed by atoms with E-state index in [4.69, 9.17) is 5.14 Å². The van der Waals surface area contributed by atoms with Crippen LogP contribution in [0.15, 0.2) is 24.3 Å². The predicted octanol–water partition coefficient (Wildman–Crippen LogP) is 0.680. The van der Waals surface area contributed by atoms with Crippen LogP contribution in [-0.4, -0.2) is 8.42 Å². The second-order valence-corrected chi connectivity index (χ2v) is 4.26. The zero-order chi connectivity index (χ0) is 10.8. The van der Waals surface area contributed by atoms with Crippen molar-refractivity contribution in [2.24, 2.45) is 5.14 Å². The predicted molar refractivity (Wildman–Crippen MR) is 51.1 cm³/mol. The molecule has 0 unspecified atom stereocenters. The Labute approximate surface area is 82.1 Å². The van der Waals surface area contributed by atoms with Crippen molar-refractivity contribution in [1.29, 1.82) is 0 Å². The summed E-state index contributed by atoms with van der Waals surface area (Å²) in [5, 5.41) is 4.79. The van der Waals surface area contributed by atoms with Gasteiger partial charge in [0.1, 0.15) is 5.82 Å². The minimum absolute atomic E-state index is 0.364. The Morgan fingerprint density at radius 2 is 1.86 bits per heavy atom. The molecule has 0 aliphatic carbocycles. The van der Waals surface area contributed by atoms with Crippen molar-refractivity contribution in [2.75, 3.05) is 0 Å². The van der Waals surface area contributed by atoms with Gasteiger partial charge in [-0.2, -0.15) is 13.1 Å². The van der Waals surface area contributed by atoms with Crippen LogP contribution in [0.5, 0.6) is 0 Å². The van der Waals surface area contributed by atoms with Crippen LogP contribution in [0, 0.1) is 5.82 Å². The van der Waals surface area contributed by atoms with E-state index in [0.717, 1.165) is 0 Å². The van der Waals surface area contributed by atoms with Crippen molar-refractivity contribution < 1.29 is 12.8 Å². The number of nitrogens with two attached hydrogens (primary N) is 1. The molecule has 0 aliphatic heterocycles. The first kappa shape index (κ1) is 11.1. The Bertz CT molecular complexity index is 402. The lowest BCUT2D eigenvalue weighted by Crippen LogP contribution is -2.32. The zero-order valence-electron chi connectivity index (χ0n) is 7.57. The van der Waals surface area contributed by atoms with Crippen molar-refractivity contribution in [3.63, 3.8) is 0 Å². The Morgan fingerprint density at radius 3 is 2.29 bits per heavy atom. The number of benzene rings is 1. The van der Waals surface area contributed by atoms with Gasteiger partial charge in [-0.15, -0.1) is 0 Å². The van der Waals surface area contributed by atoms with Gasteiger partial charge >= 0.3 is 0 Å². The summed E-state index contributed by atoms with van der Waals surface area (Å²) >= 11 is 0. The van der Waals surface area contributed by atoms with Crippen molar-refractivity contribution >= 4 is 10.2 Å². The molecule has 0 spiro atoms. The lowest BCUT2D eigenvalue weighted by Gasteiger charge is -2.11. The molecule has 0 fully saturated rings. The number of hydrogen-bond donors (Lipinski definition) is 2. The minimum atomic E-state index is -3.73. The van der Waals surface area contributed by atoms with E-state index < -0.39 is 16.3 Å². The fraction of sp³-hybridized carbons (Fsp3) is 0.250. The van der Waals surface area contributed by atoms with Crippen LogP contribution in [0.25, 0.3) is 0 Å². The van der Waals surface area contributed by atoms with Crippen LogP contribution in [-0.2, 0) is 10.2 Å². The molecule has 0 aromatic heterocycles. The van der Waals surface area contributed by atoms with Crippen LogP contribution in [0.3, 0.4) is 0 Å². The molecule has 0 aliphatic rings.